The normalized spacial score (nSPS) is 19.5. The van der Waals surface area contributed by atoms with Crippen molar-refractivity contribution in [3.63, 3.8) is 0 Å². The van der Waals surface area contributed by atoms with Gasteiger partial charge in [-0.05, 0) is 76.8 Å². The van der Waals surface area contributed by atoms with Crippen LogP contribution in [0.4, 0.5) is 0 Å². The highest BCUT2D eigenvalue weighted by molar-refractivity contribution is 6.75. The Bertz CT molecular complexity index is 529. The van der Waals surface area contributed by atoms with E-state index in [0.29, 0.717) is 5.04 Å². The number of hydrogen-bond acceptors (Lipinski definition) is 3. The van der Waals surface area contributed by atoms with Gasteiger partial charge in [-0.15, -0.1) is 0 Å². The second-order valence-electron chi connectivity index (χ2n) is 11.9. The third-order valence-corrected chi connectivity index (χ3v) is 19.0. The van der Waals surface area contributed by atoms with E-state index in [4.69, 9.17) is 13.3 Å². The van der Waals surface area contributed by atoms with Gasteiger partial charge < -0.3 is 13.3 Å². The molecule has 5 atom stereocenters. The molecule has 200 valence electrons. The maximum absolute atomic E-state index is 7.09. The molecule has 0 heterocycles. The minimum absolute atomic E-state index is 0.0227. The molecule has 0 aromatic heterocycles. The van der Waals surface area contributed by atoms with Crippen molar-refractivity contribution in [1.82, 2.24) is 0 Å². The molecule has 3 nitrogen and oxygen atoms in total. The standard InChI is InChI=1S/C27H62O3Si3/c1-14-20-22-26(7,18-5)30-32(10,11)25(17-4)28-31(9)24(16-3)29-33(12,13)27(8,19-6)23-21-15-2/h24-25,31H,14-23H2,1-13H3/t24?,25?,26?,27-,31?/m1/s1. The first kappa shape index (κ1) is 33.5. The molecule has 0 radical (unpaired) electrons. The fourth-order valence-electron chi connectivity index (χ4n) is 5.15. The van der Waals surface area contributed by atoms with Gasteiger partial charge in [-0.25, -0.2) is 0 Å². The van der Waals surface area contributed by atoms with Gasteiger partial charge in [0.05, 0.1) is 17.1 Å². The van der Waals surface area contributed by atoms with Gasteiger partial charge in [-0.2, -0.15) is 0 Å². The minimum atomic E-state index is -2.01. The van der Waals surface area contributed by atoms with Gasteiger partial charge in [0.2, 0.25) is 17.4 Å². The highest BCUT2D eigenvalue weighted by Gasteiger charge is 2.46. The van der Waals surface area contributed by atoms with E-state index in [9.17, 15) is 0 Å². The molecule has 33 heavy (non-hydrogen) atoms. The largest absolute Gasteiger partial charge is 0.415 e. The van der Waals surface area contributed by atoms with Crippen molar-refractivity contribution in [3.8, 4) is 0 Å². The van der Waals surface area contributed by atoms with Crippen LogP contribution in [0.5, 0.6) is 0 Å². The van der Waals surface area contributed by atoms with Crippen LogP contribution in [0.15, 0.2) is 0 Å². The quantitative estimate of drug-likeness (QED) is 0.159. The van der Waals surface area contributed by atoms with Gasteiger partial charge in [-0.3, -0.25) is 0 Å². The molecule has 0 aromatic rings. The number of unbranched alkanes of at least 4 members (excludes halogenated alkanes) is 2. The molecule has 0 N–H and O–H groups in total. The van der Waals surface area contributed by atoms with Gasteiger partial charge in [0.1, 0.15) is 0 Å². The van der Waals surface area contributed by atoms with E-state index in [1.807, 2.05) is 0 Å². The first-order valence-electron chi connectivity index (χ1n) is 14.2. The fourth-order valence-corrected chi connectivity index (χ4v) is 15.9. The summed E-state index contributed by atoms with van der Waals surface area (Å²) in [6, 6.07) is 0. The molecular formula is C27H62O3Si3. The summed E-state index contributed by atoms with van der Waals surface area (Å²) in [6.07, 6.45) is 11.8. The zero-order valence-corrected chi connectivity index (χ0v) is 28.2. The molecule has 0 aliphatic carbocycles. The van der Waals surface area contributed by atoms with E-state index in [1.54, 1.807) is 0 Å². The molecule has 0 aliphatic heterocycles. The van der Waals surface area contributed by atoms with Crippen molar-refractivity contribution in [2.45, 2.75) is 174 Å². The summed E-state index contributed by atoms with van der Waals surface area (Å²) in [6.45, 7) is 30.6. The van der Waals surface area contributed by atoms with E-state index in [-0.39, 0.29) is 17.1 Å². The third-order valence-electron chi connectivity index (χ3n) is 8.53. The Labute approximate surface area is 213 Å². The van der Waals surface area contributed by atoms with Crippen LogP contribution in [0.2, 0.25) is 37.8 Å². The molecule has 0 aliphatic rings. The average Bonchev–Trinajstić information content (AvgIpc) is 2.77. The van der Waals surface area contributed by atoms with Crippen LogP contribution in [-0.4, -0.2) is 42.7 Å². The summed E-state index contributed by atoms with van der Waals surface area (Å²) >= 11 is 0. The van der Waals surface area contributed by atoms with E-state index in [2.05, 4.69) is 88.1 Å². The van der Waals surface area contributed by atoms with E-state index in [0.717, 1.165) is 25.7 Å². The molecule has 0 saturated carbocycles. The highest BCUT2D eigenvalue weighted by Crippen LogP contribution is 2.47. The number of rotatable bonds is 19. The zero-order valence-electron chi connectivity index (χ0n) is 25.0. The second kappa shape index (κ2) is 14.9. The van der Waals surface area contributed by atoms with Gasteiger partial charge in [0, 0.05) is 0 Å². The van der Waals surface area contributed by atoms with Crippen LogP contribution in [-0.2, 0) is 13.3 Å². The maximum atomic E-state index is 7.09. The summed E-state index contributed by atoms with van der Waals surface area (Å²) < 4.78 is 21.0. The van der Waals surface area contributed by atoms with Crippen molar-refractivity contribution in [2.24, 2.45) is 0 Å². The lowest BCUT2D eigenvalue weighted by atomic mass is 9.97. The second-order valence-corrected chi connectivity index (χ2v) is 22.9. The van der Waals surface area contributed by atoms with Crippen molar-refractivity contribution < 1.29 is 13.3 Å². The Morgan fingerprint density at radius 3 is 1.76 bits per heavy atom. The first-order chi connectivity index (χ1) is 15.2. The van der Waals surface area contributed by atoms with E-state index in [1.165, 1.54) is 38.5 Å². The topological polar surface area (TPSA) is 27.7 Å². The van der Waals surface area contributed by atoms with Crippen LogP contribution < -0.4 is 0 Å². The Morgan fingerprint density at radius 1 is 0.788 bits per heavy atom. The molecule has 6 heteroatoms. The zero-order chi connectivity index (χ0) is 25.9. The fraction of sp³-hybridized carbons (Fsp3) is 1.00. The molecule has 0 spiro atoms. The van der Waals surface area contributed by atoms with Gasteiger partial charge >= 0.3 is 0 Å². The Balaban J connectivity index is 5.46. The lowest BCUT2D eigenvalue weighted by Gasteiger charge is -2.46. The summed E-state index contributed by atoms with van der Waals surface area (Å²) in [5.74, 6) is 0. The average molecular weight is 519 g/mol. The minimum Gasteiger partial charge on any atom is -0.415 e. The van der Waals surface area contributed by atoms with Crippen molar-refractivity contribution in [2.75, 3.05) is 0 Å². The van der Waals surface area contributed by atoms with E-state index >= 15 is 0 Å². The lowest BCUT2D eigenvalue weighted by Crippen LogP contribution is -2.56. The molecule has 0 fully saturated rings. The highest BCUT2D eigenvalue weighted by atomic mass is 28.4. The molecule has 4 unspecified atom stereocenters. The Kier molecular flexibility index (Phi) is 15.2. The molecular weight excluding hydrogens is 457 g/mol. The molecule has 0 saturated heterocycles. The molecule has 0 bridgehead atoms. The van der Waals surface area contributed by atoms with Gasteiger partial charge in [0.15, 0.2) is 8.32 Å². The SMILES string of the molecule is CCCCC(C)(CC)O[Si](C)(C)C(CC)O[SiH](C)C(CC)O[Si](C)(C)[C@](C)(CC)CCCC. The van der Waals surface area contributed by atoms with Crippen LogP contribution in [0.25, 0.3) is 0 Å². The monoisotopic (exact) mass is 518 g/mol. The van der Waals surface area contributed by atoms with Crippen LogP contribution >= 0.6 is 0 Å². The Hall–Kier alpha value is 0.531. The summed E-state index contributed by atoms with van der Waals surface area (Å²) in [5, 5.41) is 0.327. The van der Waals surface area contributed by atoms with Crippen LogP contribution in [0.1, 0.15) is 120 Å². The summed E-state index contributed by atoms with van der Waals surface area (Å²) in [7, 11) is -5.42. The molecule has 0 rings (SSSR count). The van der Waals surface area contributed by atoms with Gasteiger partial charge in [0.25, 0.3) is 0 Å². The smallest absolute Gasteiger partial charge is 0.214 e. The maximum Gasteiger partial charge on any atom is 0.214 e. The molecule has 0 aromatic carbocycles. The number of hydrogen-bond donors (Lipinski definition) is 0. The summed E-state index contributed by atoms with van der Waals surface area (Å²) in [4.78, 5) is 0. The van der Waals surface area contributed by atoms with Crippen molar-refractivity contribution in [3.05, 3.63) is 0 Å². The predicted molar refractivity (Wildman–Crippen MR) is 156 cm³/mol. The third kappa shape index (κ3) is 10.2. The predicted octanol–water partition coefficient (Wildman–Crippen LogP) is 9.16. The summed E-state index contributed by atoms with van der Waals surface area (Å²) in [5.41, 5.74) is 0.507. The van der Waals surface area contributed by atoms with Crippen molar-refractivity contribution >= 4 is 25.7 Å². The van der Waals surface area contributed by atoms with Crippen LogP contribution in [0.3, 0.4) is 0 Å². The van der Waals surface area contributed by atoms with E-state index < -0.39 is 25.7 Å². The molecule has 0 amide bonds. The van der Waals surface area contributed by atoms with Crippen molar-refractivity contribution in [1.29, 1.82) is 0 Å². The lowest BCUT2D eigenvalue weighted by molar-refractivity contribution is 0.0473. The Morgan fingerprint density at radius 2 is 1.33 bits per heavy atom. The van der Waals surface area contributed by atoms with Crippen LogP contribution in [0, 0.1) is 0 Å². The van der Waals surface area contributed by atoms with Gasteiger partial charge in [-0.1, -0.05) is 80.6 Å². The first-order valence-corrected chi connectivity index (χ1v) is 22.4.